The maximum atomic E-state index is 13.6. The van der Waals surface area contributed by atoms with Crippen LogP contribution in [0.15, 0.2) is 18.2 Å². The van der Waals surface area contributed by atoms with Crippen LogP contribution >= 0.6 is 11.6 Å². The van der Waals surface area contributed by atoms with Crippen molar-refractivity contribution in [2.45, 2.75) is 6.92 Å². The highest BCUT2D eigenvalue weighted by molar-refractivity contribution is 6.33. The standard InChI is InChI=1S/C13H14ClFN2O3/c1-7-5-17(6-8(7)12(18)19)13(20)16-11-9(14)3-2-4-10(11)15/h2-4,7-8H,5-6H2,1H3,(H,16,20)(H,18,19)/t7-,8-/m1/s1. The van der Waals surface area contributed by atoms with Crippen molar-refractivity contribution >= 4 is 29.3 Å². The van der Waals surface area contributed by atoms with Crippen LogP contribution in [-0.4, -0.2) is 35.1 Å². The Balaban J connectivity index is 2.08. The summed E-state index contributed by atoms with van der Waals surface area (Å²) < 4.78 is 13.6. The van der Waals surface area contributed by atoms with Crippen molar-refractivity contribution in [2.75, 3.05) is 18.4 Å². The van der Waals surface area contributed by atoms with Crippen LogP contribution in [0, 0.1) is 17.7 Å². The fourth-order valence-corrected chi connectivity index (χ4v) is 2.47. The zero-order chi connectivity index (χ0) is 14.9. The average Bonchev–Trinajstić information content (AvgIpc) is 2.76. The lowest BCUT2D eigenvalue weighted by molar-refractivity contribution is -0.142. The second-order valence-electron chi connectivity index (χ2n) is 4.85. The molecule has 20 heavy (non-hydrogen) atoms. The number of hydrogen-bond acceptors (Lipinski definition) is 2. The van der Waals surface area contributed by atoms with E-state index < -0.39 is 23.7 Å². The predicted octanol–water partition coefficient (Wildman–Crippen LogP) is 2.66. The van der Waals surface area contributed by atoms with Gasteiger partial charge in [0.15, 0.2) is 0 Å². The molecule has 1 aromatic rings. The number of urea groups is 1. The molecule has 108 valence electrons. The van der Waals surface area contributed by atoms with E-state index in [0.717, 1.165) is 0 Å². The van der Waals surface area contributed by atoms with E-state index in [4.69, 9.17) is 16.7 Å². The minimum absolute atomic E-state index is 0.0920. The van der Waals surface area contributed by atoms with Gasteiger partial charge in [-0.05, 0) is 18.1 Å². The van der Waals surface area contributed by atoms with Crippen molar-refractivity contribution in [2.24, 2.45) is 11.8 Å². The molecule has 0 aliphatic carbocycles. The fourth-order valence-electron chi connectivity index (χ4n) is 2.26. The third-order valence-electron chi connectivity index (χ3n) is 3.41. The second kappa shape index (κ2) is 5.66. The van der Waals surface area contributed by atoms with E-state index in [2.05, 4.69) is 5.32 Å². The third kappa shape index (κ3) is 2.85. The molecule has 1 aliphatic rings. The van der Waals surface area contributed by atoms with E-state index in [1.807, 2.05) is 0 Å². The molecule has 0 aromatic heterocycles. The Bertz CT molecular complexity index is 532. The van der Waals surface area contributed by atoms with E-state index in [1.165, 1.54) is 23.1 Å². The number of rotatable bonds is 2. The van der Waals surface area contributed by atoms with Gasteiger partial charge >= 0.3 is 12.0 Å². The number of para-hydroxylation sites is 1. The largest absolute Gasteiger partial charge is 0.481 e. The molecule has 1 saturated heterocycles. The van der Waals surface area contributed by atoms with Gasteiger partial charge in [-0.2, -0.15) is 0 Å². The minimum Gasteiger partial charge on any atom is -0.481 e. The number of nitrogens with one attached hydrogen (secondary N) is 1. The summed E-state index contributed by atoms with van der Waals surface area (Å²) in [6.07, 6.45) is 0. The Labute approximate surface area is 120 Å². The molecule has 2 atom stereocenters. The van der Waals surface area contributed by atoms with E-state index >= 15 is 0 Å². The molecule has 7 heteroatoms. The number of hydrogen-bond donors (Lipinski definition) is 2. The molecule has 2 amide bonds. The molecule has 2 N–H and O–H groups in total. The number of likely N-dealkylation sites (tertiary alicyclic amines) is 1. The highest BCUT2D eigenvalue weighted by Crippen LogP contribution is 2.27. The molecule has 0 spiro atoms. The first-order valence-corrected chi connectivity index (χ1v) is 6.50. The Morgan fingerprint density at radius 2 is 2.15 bits per heavy atom. The molecule has 0 bridgehead atoms. The molecule has 0 saturated carbocycles. The van der Waals surface area contributed by atoms with Gasteiger partial charge in [-0.1, -0.05) is 24.6 Å². The highest BCUT2D eigenvalue weighted by atomic mass is 35.5. The number of nitrogens with zero attached hydrogens (tertiary/aromatic N) is 1. The number of carboxylic acid groups (broad SMARTS) is 1. The summed E-state index contributed by atoms with van der Waals surface area (Å²) in [6, 6.07) is 3.54. The van der Waals surface area contributed by atoms with Crippen LogP contribution in [0.5, 0.6) is 0 Å². The number of anilines is 1. The molecule has 1 fully saturated rings. The van der Waals surface area contributed by atoms with Crippen LogP contribution in [-0.2, 0) is 4.79 Å². The first-order valence-electron chi connectivity index (χ1n) is 6.13. The average molecular weight is 301 g/mol. The normalized spacial score (nSPS) is 21.9. The topological polar surface area (TPSA) is 69.6 Å². The summed E-state index contributed by atoms with van der Waals surface area (Å²) in [5.74, 6) is -2.31. The molecule has 5 nitrogen and oxygen atoms in total. The molecule has 1 aliphatic heterocycles. The van der Waals surface area contributed by atoms with Gasteiger partial charge in [0, 0.05) is 13.1 Å². The number of carbonyl (C=O) groups is 2. The van der Waals surface area contributed by atoms with Crippen molar-refractivity contribution in [3.63, 3.8) is 0 Å². The van der Waals surface area contributed by atoms with Crippen LogP contribution in [0.4, 0.5) is 14.9 Å². The van der Waals surface area contributed by atoms with Crippen LogP contribution in [0.25, 0.3) is 0 Å². The van der Waals surface area contributed by atoms with E-state index in [-0.39, 0.29) is 23.2 Å². The Morgan fingerprint density at radius 1 is 1.45 bits per heavy atom. The second-order valence-corrected chi connectivity index (χ2v) is 5.26. The fraction of sp³-hybridized carbons (Fsp3) is 0.385. The van der Waals surface area contributed by atoms with Crippen LogP contribution in [0.1, 0.15) is 6.92 Å². The summed E-state index contributed by atoms with van der Waals surface area (Å²) in [4.78, 5) is 24.4. The Morgan fingerprint density at radius 3 is 2.70 bits per heavy atom. The maximum Gasteiger partial charge on any atom is 0.321 e. The van der Waals surface area contributed by atoms with Gasteiger partial charge in [0.25, 0.3) is 0 Å². The predicted molar refractivity (Wildman–Crippen MR) is 72.3 cm³/mol. The Kier molecular flexibility index (Phi) is 4.13. The first-order chi connectivity index (χ1) is 9.40. The molecule has 1 aromatic carbocycles. The van der Waals surface area contributed by atoms with Crippen molar-refractivity contribution in [1.29, 1.82) is 0 Å². The van der Waals surface area contributed by atoms with Crippen molar-refractivity contribution < 1.29 is 19.1 Å². The van der Waals surface area contributed by atoms with E-state index in [0.29, 0.717) is 6.54 Å². The summed E-state index contributed by atoms with van der Waals surface area (Å²) in [7, 11) is 0. The van der Waals surface area contributed by atoms with Gasteiger partial charge in [-0.3, -0.25) is 4.79 Å². The number of benzene rings is 1. The van der Waals surface area contributed by atoms with Crippen molar-refractivity contribution in [3.8, 4) is 0 Å². The molecular formula is C13H14ClFN2O3. The quantitative estimate of drug-likeness (QED) is 0.882. The highest BCUT2D eigenvalue weighted by Gasteiger charge is 2.37. The molecule has 2 rings (SSSR count). The van der Waals surface area contributed by atoms with Crippen molar-refractivity contribution in [3.05, 3.63) is 29.0 Å². The van der Waals surface area contributed by atoms with Gasteiger partial charge < -0.3 is 15.3 Å². The summed E-state index contributed by atoms with van der Waals surface area (Å²) in [5.41, 5.74) is -0.0920. The van der Waals surface area contributed by atoms with Gasteiger partial charge in [0.1, 0.15) is 5.82 Å². The number of carbonyl (C=O) groups excluding carboxylic acids is 1. The number of carboxylic acids is 1. The van der Waals surface area contributed by atoms with Gasteiger partial charge in [0.05, 0.1) is 16.6 Å². The minimum atomic E-state index is -0.934. The maximum absolute atomic E-state index is 13.6. The van der Waals surface area contributed by atoms with E-state index in [1.54, 1.807) is 6.92 Å². The van der Waals surface area contributed by atoms with Gasteiger partial charge in [0.2, 0.25) is 0 Å². The van der Waals surface area contributed by atoms with Crippen LogP contribution in [0.3, 0.4) is 0 Å². The Hall–Kier alpha value is -1.82. The van der Waals surface area contributed by atoms with Crippen LogP contribution < -0.4 is 5.32 Å². The lowest BCUT2D eigenvalue weighted by Gasteiger charge is -2.17. The zero-order valence-corrected chi connectivity index (χ0v) is 11.5. The smallest absolute Gasteiger partial charge is 0.321 e. The SMILES string of the molecule is C[C@@H]1CN(C(=O)Nc2c(F)cccc2Cl)C[C@H]1C(=O)O. The third-order valence-corrected chi connectivity index (χ3v) is 3.73. The zero-order valence-electron chi connectivity index (χ0n) is 10.8. The molecule has 0 radical (unpaired) electrons. The number of amides is 2. The van der Waals surface area contributed by atoms with E-state index in [9.17, 15) is 14.0 Å². The summed E-state index contributed by atoms with van der Waals surface area (Å²) in [6.45, 7) is 2.19. The lowest BCUT2D eigenvalue weighted by Crippen LogP contribution is -2.34. The lowest BCUT2D eigenvalue weighted by atomic mass is 9.99. The number of halogens is 2. The first kappa shape index (κ1) is 14.6. The molecule has 1 heterocycles. The molecular weight excluding hydrogens is 287 g/mol. The number of aliphatic carboxylic acids is 1. The molecule has 0 unspecified atom stereocenters. The van der Waals surface area contributed by atoms with Crippen LogP contribution in [0.2, 0.25) is 5.02 Å². The van der Waals surface area contributed by atoms with Crippen molar-refractivity contribution in [1.82, 2.24) is 4.90 Å². The summed E-state index contributed by atoms with van der Waals surface area (Å²) >= 11 is 5.82. The summed E-state index contributed by atoms with van der Waals surface area (Å²) in [5, 5.41) is 11.5. The van der Waals surface area contributed by atoms with Gasteiger partial charge in [-0.25, -0.2) is 9.18 Å². The monoisotopic (exact) mass is 300 g/mol. The van der Waals surface area contributed by atoms with Gasteiger partial charge in [-0.15, -0.1) is 0 Å².